The first-order chi connectivity index (χ1) is 6.80. The van der Waals surface area contributed by atoms with E-state index in [1.54, 1.807) is 6.20 Å². The van der Waals surface area contributed by atoms with Crippen molar-refractivity contribution in [3.8, 4) is 0 Å². The van der Waals surface area contributed by atoms with Gasteiger partial charge in [-0.2, -0.15) is 0 Å². The van der Waals surface area contributed by atoms with Crippen LogP contribution in [0, 0.1) is 0 Å². The van der Waals surface area contributed by atoms with Crippen molar-refractivity contribution in [1.29, 1.82) is 0 Å². The molecule has 14 heavy (non-hydrogen) atoms. The van der Waals surface area contributed by atoms with Gasteiger partial charge in [0.05, 0.1) is 25.2 Å². The number of nitrogens with zero attached hydrogens (tertiary/aromatic N) is 2. The van der Waals surface area contributed by atoms with E-state index in [0.717, 1.165) is 12.1 Å². The summed E-state index contributed by atoms with van der Waals surface area (Å²) in [5, 5.41) is 9.29. The molecule has 1 saturated heterocycles. The van der Waals surface area contributed by atoms with E-state index in [9.17, 15) is 5.11 Å². The van der Waals surface area contributed by atoms with E-state index >= 15 is 0 Å². The van der Waals surface area contributed by atoms with Crippen LogP contribution in [0.15, 0.2) is 12.3 Å². The molecular formula is C10H14N2O2. The third-order valence-corrected chi connectivity index (χ3v) is 2.61. The van der Waals surface area contributed by atoms with Crippen LogP contribution in [-0.4, -0.2) is 34.9 Å². The first-order valence-corrected chi connectivity index (χ1v) is 4.82. The molecule has 0 aliphatic carbocycles. The van der Waals surface area contributed by atoms with Crippen molar-refractivity contribution in [3.63, 3.8) is 0 Å². The molecular weight excluding hydrogens is 180 g/mol. The summed E-state index contributed by atoms with van der Waals surface area (Å²) in [6.07, 6.45) is 2.63. The molecule has 0 amide bonds. The van der Waals surface area contributed by atoms with Gasteiger partial charge in [-0.1, -0.05) is 6.92 Å². The van der Waals surface area contributed by atoms with Gasteiger partial charge < -0.3 is 9.84 Å². The number of aliphatic hydroxyl groups excluding tert-OH is 1. The van der Waals surface area contributed by atoms with Gasteiger partial charge >= 0.3 is 0 Å². The fourth-order valence-corrected chi connectivity index (χ4v) is 1.49. The smallest absolute Gasteiger partial charge is 0.141 e. The lowest BCUT2D eigenvalue weighted by molar-refractivity contribution is -0.0885. The maximum Gasteiger partial charge on any atom is 0.141 e. The van der Waals surface area contributed by atoms with Crippen LogP contribution in [-0.2, 0) is 16.6 Å². The molecule has 76 valence electrons. The Balaban J connectivity index is 2.30. The van der Waals surface area contributed by atoms with Gasteiger partial charge in [0.25, 0.3) is 0 Å². The molecule has 1 aromatic rings. The van der Waals surface area contributed by atoms with Crippen LogP contribution in [0.3, 0.4) is 0 Å². The highest BCUT2D eigenvalue weighted by molar-refractivity contribution is 5.15. The molecule has 0 atom stereocenters. The first-order valence-electron chi connectivity index (χ1n) is 4.82. The zero-order chi connectivity index (χ0) is 10.0. The molecule has 2 heterocycles. The summed E-state index contributed by atoms with van der Waals surface area (Å²) in [7, 11) is 0. The van der Waals surface area contributed by atoms with Gasteiger partial charge in [0.1, 0.15) is 5.82 Å². The van der Waals surface area contributed by atoms with Crippen molar-refractivity contribution in [3.05, 3.63) is 23.8 Å². The van der Waals surface area contributed by atoms with Crippen molar-refractivity contribution >= 4 is 0 Å². The Bertz CT molecular complexity index is 318. The summed E-state index contributed by atoms with van der Waals surface area (Å²) in [4.78, 5) is 8.61. The fraction of sp³-hybridized carbons (Fsp3) is 0.600. The second-order valence-corrected chi connectivity index (χ2v) is 3.66. The predicted octanol–water partition coefficient (Wildman–Crippen LogP) is 0.299. The molecule has 4 nitrogen and oxygen atoms in total. The average Bonchev–Trinajstić information content (AvgIpc) is 2.18. The van der Waals surface area contributed by atoms with Crippen molar-refractivity contribution in [2.75, 3.05) is 19.8 Å². The van der Waals surface area contributed by atoms with E-state index < -0.39 is 0 Å². The summed E-state index contributed by atoms with van der Waals surface area (Å²) >= 11 is 0. The normalized spacial score (nSPS) is 19.0. The Kier molecular flexibility index (Phi) is 2.48. The standard InChI is InChI=1S/C10H14N2O2/c1-2-8-3-4-11-9(12-8)10(5-13)6-14-7-10/h3-4,13H,2,5-7H2,1H3. The molecule has 1 aliphatic rings. The second kappa shape index (κ2) is 3.63. The minimum Gasteiger partial charge on any atom is -0.395 e. The Morgan fingerprint density at radius 3 is 2.86 bits per heavy atom. The van der Waals surface area contributed by atoms with Gasteiger partial charge in [0.2, 0.25) is 0 Å². The van der Waals surface area contributed by atoms with E-state index in [-0.39, 0.29) is 12.0 Å². The van der Waals surface area contributed by atoms with Gasteiger partial charge in [0.15, 0.2) is 0 Å². The number of rotatable bonds is 3. The molecule has 1 fully saturated rings. The van der Waals surface area contributed by atoms with Crippen LogP contribution in [0.4, 0.5) is 0 Å². The SMILES string of the molecule is CCc1ccnc(C2(CO)COC2)n1. The highest BCUT2D eigenvalue weighted by Gasteiger charge is 2.42. The maximum atomic E-state index is 9.29. The minimum absolute atomic E-state index is 0.0557. The van der Waals surface area contributed by atoms with Gasteiger partial charge in [-0.15, -0.1) is 0 Å². The van der Waals surface area contributed by atoms with Gasteiger partial charge in [0, 0.05) is 11.9 Å². The topological polar surface area (TPSA) is 55.2 Å². The van der Waals surface area contributed by atoms with Crippen molar-refractivity contribution < 1.29 is 9.84 Å². The van der Waals surface area contributed by atoms with Crippen molar-refractivity contribution in [2.45, 2.75) is 18.8 Å². The van der Waals surface area contributed by atoms with Crippen LogP contribution < -0.4 is 0 Å². The fourth-order valence-electron chi connectivity index (χ4n) is 1.49. The lowest BCUT2D eigenvalue weighted by Gasteiger charge is -2.38. The Hall–Kier alpha value is -1.00. The molecule has 0 radical (unpaired) electrons. The van der Waals surface area contributed by atoms with Crippen molar-refractivity contribution in [1.82, 2.24) is 9.97 Å². The lowest BCUT2D eigenvalue weighted by Crippen LogP contribution is -2.51. The van der Waals surface area contributed by atoms with Gasteiger partial charge in [-0.05, 0) is 12.5 Å². The summed E-state index contributed by atoms with van der Waals surface area (Å²) in [6.45, 7) is 3.16. The van der Waals surface area contributed by atoms with E-state index in [4.69, 9.17) is 4.74 Å². The monoisotopic (exact) mass is 194 g/mol. The lowest BCUT2D eigenvalue weighted by atomic mass is 9.86. The van der Waals surface area contributed by atoms with E-state index in [1.165, 1.54) is 0 Å². The summed E-state index contributed by atoms with van der Waals surface area (Å²) in [5.41, 5.74) is 0.667. The summed E-state index contributed by atoms with van der Waals surface area (Å²) in [6, 6.07) is 1.90. The Morgan fingerprint density at radius 1 is 1.57 bits per heavy atom. The first kappa shape index (κ1) is 9.55. The molecule has 0 unspecified atom stereocenters. The second-order valence-electron chi connectivity index (χ2n) is 3.66. The zero-order valence-electron chi connectivity index (χ0n) is 8.23. The third kappa shape index (κ3) is 1.40. The quantitative estimate of drug-likeness (QED) is 0.752. The van der Waals surface area contributed by atoms with Crippen LogP contribution >= 0.6 is 0 Å². The van der Waals surface area contributed by atoms with E-state index in [2.05, 4.69) is 16.9 Å². The molecule has 0 saturated carbocycles. The third-order valence-electron chi connectivity index (χ3n) is 2.61. The number of aryl methyl sites for hydroxylation is 1. The maximum absolute atomic E-state index is 9.29. The molecule has 1 N–H and O–H groups in total. The van der Waals surface area contributed by atoms with Crippen LogP contribution in [0.25, 0.3) is 0 Å². The minimum atomic E-state index is -0.342. The highest BCUT2D eigenvalue weighted by Crippen LogP contribution is 2.28. The summed E-state index contributed by atoms with van der Waals surface area (Å²) < 4.78 is 5.12. The van der Waals surface area contributed by atoms with Gasteiger partial charge in [-0.25, -0.2) is 9.97 Å². The van der Waals surface area contributed by atoms with Crippen LogP contribution in [0.2, 0.25) is 0 Å². The van der Waals surface area contributed by atoms with Crippen molar-refractivity contribution in [2.24, 2.45) is 0 Å². The Morgan fingerprint density at radius 2 is 2.36 bits per heavy atom. The largest absolute Gasteiger partial charge is 0.395 e. The van der Waals surface area contributed by atoms with Crippen LogP contribution in [0.5, 0.6) is 0 Å². The molecule has 4 heteroatoms. The van der Waals surface area contributed by atoms with Crippen LogP contribution in [0.1, 0.15) is 18.4 Å². The number of aliphatic hydroxyl groups is 1. The zero-order valence-corrected chi connectivity index (χ0v) is 8.23. The number of ether oxygens (including phenoxy) is 1. The highest BCUT2D eigenvalue weighted by atomic mass is 16.5. The molecule has 1 aromatic heterocycles. The molecule has 2 rings (SSSR count). The Labute approximate surface area is 83.0 Å². The number of aromatic nitrogens is 2. The summed E-state index contributed by atoms with van der Waals surface area (Å²) in [5.74, 6) is 0.714. The average molecular weight is 194 g/mol. The molecule has 0 bridgehead atoms. The molecule has 1 aliphatic heterocycles. The van der Waals surface area contributed by atoms with E-state index in [1.807, 2.05) is 6.07 Å². The van der Waals surface area contributed by atoms with Gasteiger partial charge in [-0.3, -0.25) is 0 Å². The number of hydrogen-bond acceptors (Lipinski definition) is 4. The molecule has 0 aromatic carbocycles. The molecule has 0 spiro atoms. The predicted molar refractivity (Wildman–Crippen MR) is 51.0 cm³/mol. The van der Waals surface area contributed by atoms with E-state index in [0.29, 0.717) is 19.0 Å². The number of hydrogen-bond donors (Lipinski definition) is 1.